The molecular weight excluding hydrogens is 610 g/mol. The van der Waals surface area contributed by atoms with Crippen LogP contribution < -0.4 is 26.4 Å². The van der Waals surface area contributed by atoms with Crippen molar-refractivity contribution in [2.75, 3.05) is 25.4 Å². The molecule has 0 spiro atoms. The number of piperidine rings is 1. The summed E-state index contributed by atoms with van der Waals surface area (Å²) in [5.74, 6) is -3.50. The Morgan fingerprint density at radius 2 is 2.05 bits per heavy atom. The van der Waals surface area contributed by atoms with Crippen LogP contribution in [0.4, 0.5) is 5.13 Å². The average Bonchev–Trinajstić information content (AvgIpc) is 3.39. The van der Waals surface area contributed by atoms with Gasteiger partial charge in [-0.25, -0.2) is 9.10 Å². The third-order valence-electron chi connectivity index (χ3n) is 6.48. The Labute approximate surface area is 249 Å². The van der Waals surface area contributed by atoms with Gasteiger partial charge in [-0.3, -0.25) is 19.6 Å². The molecule has 4 rings (SSSR count). The number of hydrogen-bond acceptors (Lipinski definition) is 14. The van der Waals surface area contributed by atoms with Gasteiger partial charge in [0.2, 0.25) is 11.5 Å². The molecule has 1 unspecified atom stereocenters. The lowest BCUT2D eigenvalue weighted by atomic mass is 10.0. The highest BCUT2D eigenvalue weighted by Crippen LogP contribution is 2.23. The maximum Gasteiger partial charge on any atom is 0.362 e. The first-order chi connectivity index (χ1) is 20.3. The first-order valence-corrected chi connectivity index (χ1v) is 15.0. The number of carbonyl (C=O) groups is 3. The number of aromatic nitrogens is 2. The number of ether oxygens (including phenoxy) is 1. The maximum absolute atomic E-state index is 13.0. The second kappa shape index (κ2) is 13.3. The molecule has 0 bridgehead atoms. The van der Waals surface area contributed by atoms with E-state index < -0.39 is 58.6 Å². The molecule has 2 aliphatic heterocycles. The standard InChI is InChI=1S/C23H29N9O9S2/c1-11-16(21(34)32(11)43(37,38)39)28-20(33)17(19-29-23(25)42-31-19)30-41-15(22(35)36)10-40-14-6-4-12(5-7-14)18(24)27-13-3-2-8-26-9-13/h4-7,11,13,15-16,26H,2-3,8-10H2,1H3,(H2,24,27)(H,28,33)(H,35,36)(H2,25,29,31)(H,37,38,39)/b30-17-/t11-,13-,15?,16-/m0/s1. The van der Waals surface area contributed by atoms with Crippen molar-refractivity contribution in [3.8, 4) is 5.75 Å². The van der Waals surface area contributed by atoms with Crippen LogP contribution >= 0.6 is 11.5 Å². The molecule has 43 heavy (non-hydrogen) atoms. The molecule has 2 aromatic rings. The fourth-order valence-corrected chi connectivity index (χ4v) is 5.56. The van der Waals surface area contributed by atoms with E-state index in [1.165, 1.54) is 6.92 Å². The summed E-state index contributed by atoms with van der Waals surface area (Å²) >= 11 is 0.703. The molecule has 20 heteroatoms. The Hall–Kier alpha value is -4.40. The number of oxime groups is 1. The number of nitrogen functional groups attached to an aromatic ring is 1. The lowest BCUT2D eigenvalue weighted by Gasteiger charge is -2.42. The molecule has 0 radical (unpaired) electrons. The maximum atomic E-state index is 13.0. The van der Waals surface area contributed by atoms with Crippen LogP contribution in [0.3, 0.4) is 0 Å². The zero-order valence-electron chi connectivity index (χ0n) is 22.6. The van der Waals surface area contributed by atoms with Crippen LogP contribution in [0.15, 0.2) is 29.4 Å². The van der Waals surface area contributed by atoms with Crippen LogP contribution in [0.2, 0.25) is 0 Å². The lowest BCUT2D eigenvalue weighted by Crippen LogP contribution is -2.71. The van der Waals surface area contributed by atoms with Crippen LogP contribution in [-0.4, -0.2) is 105 Å². The highest BCUT2D eigenvalue weighted by molar-refractivity contribution is 7.84. The van der Waals surface area contributed by atoms with Crippen molar-refractivity contribution in [2.24, 2.45) is 5.16 Å². The SMILES string of the molecule is C[C@H]1[C@H](NC(=O)/C(=N\OC(COc2ccc(C(=N)N[C@H]3CCCNC3)cc2)C(=O)O)c2nsc(N)n2)C(=O)N1S(=O)(=O)O. The van der Waals surface area contributed by atoms with Crippen molar-refractivity contribution in [3.63, 3.8) is 0 Å². The minimum Gasteiger partial charge on any atom is -0.489 e. The summed E-state index contributed by atoms with van der Waals surface area (Å²) in [4.78, 5) is 45.9. The van der Waals surface area contributed by atoms with Gasteiger partial charge in [-0.2, -0.15) is 17.8 Å². The minimum atomic E-state index is -4.83. The molecule has 3 heterocycles. The number of anilines is 1. The number of β-lactam (4-membered cyclic amide) rings is 1. The first-order valence-electron chi connectivity index (χ1n) is 12.8. The van der Waals surface area contributed by atoms with Crippen molar-refractivity contribution in [1.82, 2.24) is 29.6 Å². The van der Waals surface area contributed by atoms with Crippen LogP contribution in [0.1, 0.15) is 31.2 Å². The van der Waals surface area contributed by atoms with Gasteiger partial charge in [0.15, 0.2) is 5.13 Å². The topological polar surface area (TPSA) is 272 Å². The number of nitrogens with two attached hydrogens (primary N) is 1. The average molecular weight is 640 g/mol. The van der Waals surface area contributed by atoms with E-state index in [9.17, 15) is 27.9 Å². The molecule has 1 aromatic carbocycles. The number of hydrogen-bond donors (Lipinski definition) is 7. The fourth-order valence-electron chi connectivity index (χ4n) is 4.24. The summed E-state index contributed by atoms with van der Waals surface area (Å²) < 4.78 is 41.4. The van der Waals surface area contributed by atoms with Gasteiger partial charge in [-0.15, -0.1) is 0 Å². The number of amidine groups is 1. The number of benzene rings is 1. The molecular formula is C23H29N9O9S2. The summed E-state index contributed by atoms with van der Waals surface area (Å²) in [5, 5.41) is 30.1. The van der Waals surface area contributed by atoms with Crippen LogP contribution in [-0.2, 0) is 29.5 Å². The Bertz CT molecular complexity index is 1510. The number of rotatable bonds is 12. The second-order valence-corrected chi connectivity index (χ2v) is 11.6. The Kier molecular flexibility index (Phi) is 9.73. The fraction of sp³-hybridized carbons (Fsp3) is 0.435. The number of nitrogens with zero attached hydrogens (tertiary/aromatic N) is 4. The highest BCUT2D eigenvalue weighted by atomic mass is 32.2. The summed E-state index contributed by atoms with van der Waals surface area (Å²) in [7, 11) is -4.83. The summed E-state index contributed by atoms with van der Waals surface area (Å²) in [6, 6.07) is 4.06. The van der Waals surface area contributed by atoms with E-state index in [-0.39, 0.29) is 32.9 Å². The molecule has 4 atom stereocenters. The summed E-state index contributed by atoms with van der Waals surface area (Å²) in [5.41, 5.74) is 5.55. The van der Waals surface area contributed by atoms with Crippen LogP contribution in [0.5, 0.6) is 5.75 Å². The summed E-state index contributed by atoms with van der Waals surface area (Å²) in [6.45, 7) is 2.45. The normalized spacial score (nSPS) is 21.3. The van der Waals surface area contributed by atoms with Crippen molar-refractivity contribution in [2.45, 2.75) is 44.0 Å². The van der Waals surface area contributed by atoms with Gasteiger partial charge in [0.05, 0.1) is 6.04 Å². The summed E-state index contributed by atoms with van der Waals surface area (Å²) in [6.07, 6.45) is 0.260. The Morgan fingerprint density at radius 3 is 2.60 bits per heavy atom. The highest BCUT2D eigenvalue weighted by Gasteiger charge is 2.51. The van der Waals surface area contributed by atoms with Gasteiger partial charge < -0.3 is 36.4 Å². The molecule has 2 fully saturated rings. The Balaban J connectivity index is 1.40. The number of nitrogens with one attached hydrogen (secondary N) is 4. The molecule has 1 aromatic heterocycles. The van der Waals surface area contributed by atoms with Crippen molar-refractivity contribution < 1.29 is 42.0 Å². The lowest BCUT2D eigenvalue weighted by molar-refractivity contribution is -0.152. The van der Waals surface area contributed by atoms with E-state index in [1.54, 1.807) is 24.3 Å². The quantitative estimate of drug-likeness (QED) is 0.0461. The molecule has 0 saturated carbocycles. The van der Waals surface area contributed by atoms with Gasteiger partial charge in [-0.1, -0.05) is 5.16 Å². The second-order valence-electron chi connectivity index (χ2n) is 9.53. The number of carboxylic acids is 1. The monoisotopic (exact) mass is 639 g/mol. The predicted octanol–water partition coefficient (Wildman–Crippen LogP) is -1.44. The molecule has 2 amide bonds. The van der Waals surface area contributed by atoms with E-state index >= 15 is 0 Å². The zero-order chi connectivity index (χ0) is 31.3. The van der Waals surface area contributed by atoms with Gasteiger partial charge in [0.1, 0.15) is 24.2 Å². The first kappa shape index (κ1) is 31.5. The van der Waals surface area contributed by atoms with Gasteiger partial charge in [0, 0.05) is 29.7 Å². The Morgan fingerprint density at radius 1 is 1.33 bits per heavy atom. The largest absolute Gasteiger partial charge is 0.489 e. The molecule has 0 aliphatic carbocycles. The van der Waals surface area contributed by atoms with E-state index in [4.69, 9.17) is 25.3 Å². The van der Waals surface area contributed by atoms with E-state index in [0.29, 0.717) is 17.1 Å². The van der Waals surface area contributed by atoms with Crippen molar-refractivity contribution >= 4 is 56.3 Å². The molecule has 232 valence electrons. The van der Waals surface area contributed by atoms with E-state index in [1.807, 2.05) is 0 Å². The van der Waals surface area contributed by atoms with Gasteiger partial charge in [0.25, 0.3) is 17.9 Å². The van der Waals surface area contributed by atoms with E-state index in [0.717, 1.165) is 25.9 Å². The van der Waals surface area contributed by atoms with E-state index in [2.05, 4.69) is 30.5 Å². The van der Waals surface area contributed by atoms with Gasteiger partial charge in [-0.05, 0) is 50.6 Å². The van der Waals surface area contributed by atoms with Crippen LogP contribution in [0.25, 0.3) is 0 Å². The predicted molar refractivity (Wildman–Crippen MR) is 151 cm³/mol. The van der Waals surface area contributed by atoms with Crippen molar-refractivity contribution in [3.05, 3.63) is 35.7 Å². The zero-order valence-corrected chi connectivity index (χ0v) is 24.2. The minimum absolute atomic E-state index is 0.0543. The number of aliphatic carboxylic acids is 1. The number of carboxylic acid groups (broad SMARTS) is 1. The smallest absolute Gasteiger partial charge is 0.362 e. The third kappa shape index (κ3) is 7.71. The molecule has 8 N–H and O–H groups in total. The number of carbonyl (C=O) groups excluding carboxylic acids is 2. The molecule has 2 saturated heterocycles. The third-order valence-corrected chi connectivity index (χ3v) is 8.03. The molecule has 2 aliphatic rings. The molecule has 18 nitrogen and oxygen atoms in total. The number of amides is 2. The van der Waals surface area contributed by atoms with Crippen LogP contribution in [0, 0.1) is 5.41 Å². The van der Waals surface area contributed by atoms with Gasteiger partial charge >= 0.3 is 16.3 Å². The van der Waals surface area contributed by atoms with Crippen molar-refractivity contribution in [1.29, 1.82) is 5.41 Å².